The molecule has 0 radical (unpaired) electrons. The first-order valence-electron chi connectivity index (χ1n) is 7.23. The normalized spacial score (nSPS) is 18.8. The van der Waals surface area contributed by atoms with Gasteiger partial charge in [-0.15, -0.1) is 0 Å². The van der Waals surface area contributed by atoms with Crippen molar-refractivity contribution in [1.82, 2.24) is 15.1 Å². The number of nitrogens with zero attached hydrogens (tertiary/aromatic N) is 2. The van der Waals surface area contributed by atoms with E-state index >= 15 is 0 Å². The van der Waals surface area contributed by atoms with Gasteiger partial charge in [-0.2, -0.15) is 0 Å². The third-order valence-electron chi connectivity index (χ3n) is 4.03. The molecule has 0 aromatic carbocycles. The van der Waals surface area contributed by atoms with Crippen molar-refractivity contribution in [1.29, 1.82) is 0 Å². The highest BCUT2D eigenvalue weighted by atomic mass is 16.4. The third kappa shape index (κ3) is 4.61. The Bertz CT molecular complexity index is 403. The highest BCUT2D eigenvalue weighted by Crippen LogP contribution is 2.18. The minimum Gasteiger partial charge on any atom is -0.481 e. The number of carbonyl (C=O) groups is 3. The molecule has 120 valence electrons. The molecule has 3 amide bonds. The van der Waals surface area contributed by atoms with Crippen LogP contribution in [0.3, 0.4) is 0 Å². The van der Waals surface area contributed by atoms with Crippen LogP contribution in [0.2, 0.25) is 0 Å². The summed E-state index contributed by atoms with van der Waals surface area (Å²) in [5.74, 6) is -1.81. The molecule has 0 spiro atoms. The molecular formula is C14H25N3O4. The second-order valence-electron chi connectivity index (χ2n) is 5.86. The molecule has 0 bridgehead atoms. The van der Waals surface area contributed by atoms with Gasteiger partial charge in [-0.05, 0) is 26.7 Å². The zero-order valence-corrected chi connectivity index (χ0v) is 13.1. The molecular weight excluding hydrogens is 274 g/mol. The summed E-state index contributed by atoms with van der Waals surface area (Å²) in [6.07, 6.45) is 1.22. The molecule has 7 heteroatoms. The van der Waals surface area contributed by atoms with Crippen LogP contribution in [0.4, 0.5) is 4.79 Å². The number of likely N-dealkylation sites (tertiary alicyclic amines) is 1. The minimum absolute atomic E-state index is 0.0401. The molecule has 1 heterocycles. The van der Waals surface area contributed by atoms with Gasteiger partial charge in [0.15, 0.2) is 0 Å². The Balaban J connectivity index is 2.45. The molecule has 1 saturated heterocycles. The SMILES string of the molecule is CC(NC(=O)C1CCN(C(=O)N(C)C)CC1)C(C)C(=O)O. The van der Waals surface area contributed by atoms with Gasteiger partial charge in [0, 0.05) is 39.1 Å². The maximum Gasteiger partial charge on any atom is 0.319 e. The maximum atomic E-state index is 12.1. The predicted octanol–water partition coefficient (Wildman–Crippen LogP) is 0.605. The van der Waals surface area contributed by atoms with Gasteiger partial charge in [-0.3, -0.25) is 9.59 Å². The van der Waals surface area contributed by atoms with E-state index in [2.05, 4.69) is 5.32 Å². The van der Waals surface area contributed by atoms with Crippen LogP contribution in [-0.2, 0) is 9.59 Å². The van der Waals surface area contributed by atoms with Crippen LogP contribution < -0.4 is 5.32 Å². The number of rotatable bonds is 4. The number of hydrogen-bond donors (Lipinski definition) is 2. The van der Waals surface area contributed by atoms with Crippen LogP contribution in [0.1, 0.15) is 26.7 Å². The van der Waals surface area contributed by atoms with Crippen molar-refractivity contribution in [3.63, 3.8) is 0 Å². The van der Waals surface area contributed by atoms with E-state index in [0.717, 1.165) is 0 Å². The molecule has 1 aliphatic rings. The number of carboxylic acids is 1. The van der Waals surface area contributed by atoms with Gasteiger partial charge in [0.1, 0.15) is 0 Å². The molecule has 0 saturated carbocycles. The standard InChI is InChI=1S/C14H25N3O4/c1-9(13(19)20)10(2)15-12(18)11-5-7-17(8-6-11)14(21)16(3)4/h9-11H,5-8H2,1-4H3,(H,15,18)(H,19,20). The number of urea groups is 1. The molecule has 2 unspecified atom stereocenters. The van der Waals surface area contributed by atoms with Crippen molar-refractivity contribution in [2.45, 2.75) is 32.7 Å². The lowest BCUT2D eigenvalue weighted by Gasteiger charge is -2.33. The Morgan fingerprint density at radius 2 is 1.71 bits per heavy atom. The lowest BCUT2D eigenvalue weighted by atomic mass is 9.94. The molecule has 21 heavy (non-hydrogen) atoms. The van der Waals surface area contributed by atoms with Gasteiger partial charge in [-0.1, -0.05) is 0 Å². The summed E-state index contributed by atoms with van der Waals surface area (Å²) < 4.78 is 0. The van der Waals surface area contributed by atoms with Gasteiger partial charge >= 0.3 is 12.0 Å². The van der Waals surface area contributed by atoms with E-state index in [1.807, 2.05) is 0 Å². The Morgan fingerprint density at radius 1 is 1.19 bits per heavy atom. The Kier molecular flexibility index (Phi) is 5.99. The second-order valence-corrected chi connectivity index (χ2v) is 5.86. The fourth-order valence-electron chi connectivity index (χ4n) is 2.30. The number of hydrogen-bond acceptors (Lipinski definition) is 3. The summed E-state index contributed by atoms with van der Waals surface area (Å²) in [5.41, 5.74) is 0. The number of piperidine rings is 1. The number of amides is 3. The highest BCUT2D eigenvalue weighted by Gasteiger charge is 2.30. The Morgan fingerprint density at radius 3 is 2.14 bits per heavy atom. The van der Waals surface area contributed by atoms with E-state index in [0.29, 0.717) is 25.9 Å². The summed E-state index contributed by atoms with van der Waals surface area (Å²) in [5, 5.41) is 11.7. The van der Waals surface area contributed by atoms with Gasteiger partial charge in [0.05, 0.1) is 5.92 Å². The highest BCUT2D eigenvalue weighted by molar-refractivity contribution is 5.81. The first-order chi connectivity index (χ1) is 9.73. The van der Waals surface area contributed by atoms with Crippen LogP contribution in [0.15, 0.2) is 0 Å². The average Bonchev–Trinajstić information content (AvgIpc) is 2.45. The molecule has 1 aliphatic heterocycles. The molecule has 0 aromatic heterocycles. The van der Waals surface area contributed by atoms with Crippen molar-refractivity contribution in [2.24, 2.45) is 11.8 Å². The van der Waals surface area contributed by atoms with Crippen molar-refractivity contribution >= 4 is 17.9 Å². The number of carbonyl (C=O) groups excluding carboxylic acids is 2. The van der Waals surface area contributed by atoms with Crippen molar-refractivity contribution in [3.8, 4) is 0 Å². The van der Waals surface area contributed by atoms with Gasteiger partial charge in [0.25, 0.3) is 0 Å². The van der Waals surface area contributed by atoms with Crippen LogP contribution in [0, 0.1) is 11.8 Å². The molecule has 1 rings (SSSR count). The lowest BCUT2D eigenvalue weighted by Crippen LogP contribution is -2.48. The number of nitrogens with one attached hydrogen (secondary N) is 1. The van der Waals surface area contributed by atoms with E-state index in [1.54, 1.807) is 32.8 Å². The monoisotopic (exact) mass is 299 g/mol. The van der Waals surface area contributed by atoms with E-state index in [-0.39, 0.29) is 17.9 Å². The van der Waals surface area contributed by atoms with E-state index in [4.69, 9.17) is 5.11 Å². The van der Waals surface area contributed by atoms with E-state index in [9.17, 15) is 14.4 Å². The van der Waals surface area contributed by atoms with Gasteiger partial charge in [0.2, 0.25) is 5.91 Å². The van der Waals surface area contributed by atoms with Crippen molar-refractivity contribution in [2.75, 3.05) is 27.2 Å². The van der Waals surface area contributed by atoms with Crippen LogP contribution in [0.25, 0.3) is 0 Å². The Labute approximate surface area is 125 Å². The summed E-state index contributed by atoms with van der Waals surface area (Å²) in [6.45, 7) is 4.38. The summed E-state index contributed by atoms with van der Waals surface area (Å²) in [6, 6.07) is -0.446. The quantitative estimate of drug-likeness (QED) is 0.795. The number of carboxylic acid groups (broad SMARTS) is 1. The molecule has 0 aromatic rings. The van der Waals surface area contributed by atoms with Gasteiger partial charge in [-0.25, -0.2) is 4.79 Å². The average molecular weight is 299 g/mol. The largest absolute Gasteiger partial charge is 0.481 e. The molecule has 2 atom stereocenters. The molecule has 1 fully saturated rings. The zero-order chi connectivity index (χ0) is 16.2. The van der Waals surface area contributed by atoms with E-state index in [1.165, 1.54) is 4.90 Å². The fraction of sp³-hybridized carbons (Fsp3) is 0.786. The minimum atomic E-state index is -0.922. The van der Waals surface area contributed by atoms with Crippen LogP contribution in [-0.4, -0.2) is 66.0 Å². The van der Waals surface area contributed by atoms with Crippen LogP contribution in [0.5, 0.6) is 0 Å². The predicted molar refractivity (Wildman–Crippen MR) is 77.8 cm³/mol. The zero-order valence-electron chi connectivity index (χ0n) is 13.1. The first-order valence-corrected chi connectivity index (χ1v) is 7.23. The fourth-order valence-corrected chi connectivity index (χ4v) is 2.30. The summed E-state index contributed by atoms with van der Waals surface area (Å²) >= 11 is 0. The smallest absolute Gasteiger partial charge is 0.319 e. The van der Waals surface area contributed by atoms with E-state index < -0.39 is 17.9 Å². The van der Waals surface area contributed by atoms with Crippen LogP contribution >= 0.6 is 0 Å². The number of aliphatic carboxylic acids is 1. The lowest BCUT2D eigenvalue weighted by molar-refractivity contribution is -0.142. The molecule has 7 nitrogen and oxygen atoms in total. The molecule has 2 N–H and O–H groups in total. The van der Waals surface area contributed by atoms with Crippen molar-refractivity contribution in [3.05, 3.63) is 0 Å². The summed E-state index contributed by atoms with van der Waals surface area (Å²) in [7, 11) is 3.41. The second kappa shape index (κ2) is 7.28. The topological polar surface area (TPSA) is 90.0 Å². The first kappa shape index (κ1) is 17.3. The van der Waals surface area contributed by atoms with Crippen molar-refractivity contribution < 1.29 is 19.5 Å². The Hall–Kier alpha value is -1.79. The maximum absolute atomic E-state index is 12.1. The summed E-state index contributed by atoms with van der Waals surface area (Å²) in [4.78, 5) is 38.1. The van der Waals surface area contributed by atoms with Gasteiger partial charge < -0.3 is 20.2 Å². The molecule has 0 aliphatic carbocycles. The third-order valence-corrected chi connectivity index (χ3v) is 4.03.